The first kappa shape index (κ1) is 14.0. The van der Waals surface area contributed by atoms with Crippen LogP contribution in [0.2, 0.25) is 0 Å². The van der Waals surface area contributed by atoms with Crippen LogP contribution in [-0.2, 0) is 0 Å². The predicted molar refractivity (Wildman–Crippen MR) is 71.8 cm³/mol. The van der Waals surface area contributed by atoms with Crippen molar-refractivity contribution in [1.82, 2.24) is 9.80 Å². The van der Waals surface area contributed by atoms with Gasteiger partial charge >= 0.3 is 0 Å². The van der Waals surface area contributed by atoms with Gasteiger partial charge in [0, 0.05) is 23.2 Å². The van der Waals surface area contributed by atoms with E-state index in [-0.39, 0.29) is 11.1 Å². The maximum absolute atomic E-state index is 2.59. The molecule has 1 aliphatic heterocycles. The Bertz CT molecular complexity index is 239. The van der Waals surface area contributed by atoms with E-state index < -0.39 is 0 Å². The summed E-state index contributed by atoms with van der Waals surface area (Å²) >= 11 is 0. The normalized spacial score (nSPS) is 41.6. The summed E-state index contributed by atoms with van der Waals surface area (Å²) in [6.45, 7) is 16.5. The van der Waals surface area contributed by atoms with Crippen LogP contribution >= 0.6 is 0 Å². The van der Waals surface area contributed by atoms with Crippen molar-refractivity contribution < 1.29 is 0 Å². The molecule has 0 bridgehead atoms. The molecule has 0 N–H and O–H groups in total. The van der Waals surface area contributed by atoms with Crippen LogP contribution in [0, 0.1) is 5.92 Å². The summed E-state index contributed by atoms with van der Waals surface area (Å²) in [6, 6.07) is 1.14. The van der Waals surface area contributed by atoms with Gasteiger partial charge in [0.15, 0.2) is 0 Å². The lowest BCUT2D eigenvalue weighted by molar-refractivity contribution is -0.131. The monoisotopic (exact) mass is 226 g/mol. The SMILES string of the molecule is CC1N(C)C(C)(C(C)C)C(C)N(C)C1(C)C. The zero-order chi connectivity index (χ0) is 12.9. The van der Waals surface area contributed by atoms with Crippen molar-refractivity contribution in [3.05, 3.63) is 0 Å². The molecule has 2 heteroatoms. The Hall–Kier alpha value is -0.0800. The Morgan fingerprint density at radius 2 is 1.31 bits per heavy atom. The minimum Gasteiger partial charge on any atom is -0.295 e. The molecule has 0 saturated carbocycles. The summed E-state index contributed by atoms with van der Waals surface area (Å²) in [6.07, 6.45) is 0. The fourth-order valence-electron chi connectivity index (χ4n) is 3.26. The highest BCUT2D eigenvalue weighted by Crippen LogP contribution is 2.41. The quantitative estimate of drug-likeness (QED) is 0.678. The lowest BCUT2D eigenvalue weighted by atomic mass is 9.72. The molecule has 96 valence electrons. The summed E-state index contributed by atoms with van der Waals surface area (Å²) in [7, 11) is 4.56. The van der Waals surface area contributed by atoms with E-state index in [9.17, 15) is 0 Å². The third-order valence-electron chi connectivity index (χ3n) is 5.87. The Morgan fingerprint density at radius 1 is 0.875 bits per heavy atom. The van der Waals surface area contributed by atoms with Crippen LogP contribution in [0.25, 0.3) is 0 Å². The molecule has 0 radical (unpaired) electrons. The van der Waals surface area contributed by atoms with E-state index >= 15 is 0 Å². The molecule has 3 unspecified atom stereocenters. The fourth-order valence-corrected chi connectivity index (χ4v) is 3.26. The van der Waals surface area contributed by atoms with Crippen LogP contribution in [-0.4, -0.2) is 47.1 Å². The number of nitrogens with zero attached hydrogens (tertiary/aromatic N) is 2. The number of hydrogen-bond donors (Lipinski definition) is 0. The van der Waals surface area contributed by atoms with Crippen molar-refractivity contribution in [3.63, 3.8) is 0 Å². The highest BCUT2D eigenvalue weighted by atomic mass is 15.4. The van der Waals surface area contributed by atoms with Crippen LogP contribution < -0.4 is 0 Å². The van der Waals surface area contributed by atoms with E-state index in [4.69, 9.17) is 0 Å². The number of rotatable bonds is 1. The Kier molecular flexibility index (Phi) is 3.49. The smallest absolute Gasteiger partial charge is 0.0357 e. The first-order valence-electron chi connectivity index (χ1n) is 6.53. The molecule has 3 atom stereocenters. The fraction of sp³-hybridized carbons (Fsp3) is 1.00. The van der Waals surface area contributed by atoms with E-state index in [1.54, 1.807) is 0 Å². The van der Waals surface area contributed by atoms with Crippen LogP contribution in [0.5, 0.6) is 0 Å². The Balaban J connectivity index is 3.18. The predicted octanol–water partition coefficient (Wildman–Crippen LogP) is 2.83. The second-order valence-electron chi connectivity index (χ2n) is 6.61. The molecule has 0 aromatic rings. The molecule has 0 aromatic heterocycles. The molecular weight excluding hydrogens is 196 g/mol. The zero-order valence-electron chi connectivity index (χ0n) is 12.6. The summed E-state index contributed by atoms with van der Waals surface area (Å²) in [5.41, 5.74) is 0.492. The van der Waals surface area contributed by atoms with Gasteiger partial charge in [-0.25, -0.2) is 0 Å². The van der Waals surface area contributed by atoms with E-state index in [1.165, 1.54) is 0 Å². The average molecular weight is 226 g/mol. The molecule has 1 heterocycles. The molecule has 0 aromatic carbocycles. The summed E-state index contributed by atoms with van der Waals surface area (Å²) in [5, 5.41) is 0. The first-order valence-corrected chi connectivity index (χ1v) is 6.53. The molecule has 0 aliphatic carbocycles. The zero-order valence-corrected chi connectivity index (χ0v) is 12.6. The minimum absolute atomic E-state index is 0.239. The van der Waals surface area contributed by atoms with Crippen molar-refractivity contribution in [1.29, 1.82) is 0 Å². The van der Waals surface area contributed by atoms with Gasteiger partial charge < -0.3 is 0 Å². The lowest BCUT2D eigenvalue weighted by Gasteiger charge is -2.63. The molecule has 2 nitrogen and oxygen atoms in total. The molecular formula is C14H30N2. The Labute approximate surface area is 102 Å². The van der Waals surface area contributed by atoms with Crippen molar-refractivity contribution >= 4 is 0 Å². The molecule has 16 heavy (non-hydrogen) atoms. The van der Waals surface area contributed by atoms with E-state index in [2.05, 4.69) is 72.4 Å². The Morgan fingerprint density at radius 3 is 1.69 bits per heavy atom. The molecule has 1 rings (SSSR count). The van der Waals surface area contributed by atoms with E-state index in [0.29, 0.717) is 18.0 Å². The average Bonchev–Trinajstić information content (AvgIpc) is 2.21. The van der Waals surface area contributed by atoms with Gasteiger partial charge in [0.05, 0.1) is 0 Å². The topological polar surface area (TPSA) is 6.48 Å². The van der Waals surface area contributed by atoms with Gasteiger partial charge in [-0.2, -0.15) is 0 Å². The molecule has 0 amide bonds. The molecule has 1 aliphatic rings. The number of hydrogen-bond acceptors (Lipinski definition) is 2. The third kappa shape index (κ3) is 1.62. The van der Waals surface area contributed by atoms with Crippen molar-refractivity contribution in [2.75, 3.05) is 14.1 Å². The lowest BCUT2D eigenvalue weighted by Crippen LogP contribution is -2.75. The number of piperazine rings is 1. The molecule has 1 fully saturated rings. The van der Waals surface area contributed by atoms with Crippen LogP contribution in [0.1, 0.15) is 48.5 Å². The standard InChI is InChI=1S/C14H30N2/c1-10(2)14(7)12(4)15(8)13(5,6)11(3)16(14)9/h10-12H,1-9H3. The van der Waals surface area contributed by atoms with Gasteiger partial charge in [-0.05, 0) is 54.6 Å². The second kappa shape index (κ2) is 3.99. The third-order valence-corrected chi connectivity index (χ3v) is 5.87. The molecule has 1 saturated heterocycles. The highest BCUT2D eigenvalue weighted by molar-refractivity contribution is 5.09. The maximum Gasteiger partial charge on any atom is 0.0357 e. The number of likely N-dealkylation sites (N-methyl/N-ethyl adjacent to an activating group) is 2. The second-order valence-corrected chi connectivity index (χ2v) is 6.61. The largest absolute Gasteiger partial charge is 0.295 e. The first-order chi connectivity index (χ1) is 7.07. The van der Waals surface area contributed by atoms with Gasteiger partial charge in [-0.3, -0.25) is 9.80 Å². The summed E-state index contributed by atoms with van der Waals surface area (Å²) in [5.74, 6) is 0.661. The molecule has 0 spiro atoms. The van der Waals surface area contributed by atoms with Gasteiger partial charge in [0.2, 0.25) is 0 Å². The summed E-state index contributed by atoms with van der Waals surface area (Å²) in [4.78, 5) is 5.14. The van der Waals surface area contributed by atoms with Gasteiger partial charge in [0.1, 0.15) is 0 Å². The van der Waals surface area contributed by atoms with Crippen LogP contribution in [0.4, 0.5) is 0 Å². The summed E-state index contributed by atoms with van der Waals surface area (Å²) < 4.78 is 0. The van der Waals surface area contributed by atoms with Crippen LogP contribution in [0.15, 0.2) is 0 Å². The van der Waals surface area contributed by atoms with Crippen molar-refractivity contribution in [3.8, 4) is 0 Å². The van der Waals surface area contributed by atoms with Crippen molar-refractivity contribution in [2.24, 2.45) is 5.92 Å². The van der Waals surface area contributed by atoms with E-state index in [0.717, 1.165) is 0 Å². The van der Waals surface area contributed by atoms with Crippen molar-refractivity contribution in [2.45, 2.75) is 71.6 Å². The maximum atomic E-state index is 2.59. The van der Waals surface area contributed by atoms with Gasteiger partial charge in [-0.15, -0.1) is 0 Å². The van der Waals surface area contributed by atoms with Gasteiger partial charge in [-0.1, -0.05) is 13.8 Å². The minimum atomic E-state index is 0.239. The van der Waals surface area contributed by atoms with Crippen LogP contribution in [0.3, 0.4) is 0 Å². The van der Waals surface area contributed by atoms with Gasteiger partial charge in [0.25, 0.3) is 0 Å². The highest BCUT2D eigenvalue weighted by Gasteiger charge is 2.52. The van der Waals surface area contributed by atoms with E-state index in [1.807, 2.05) is 0 Å².